The number of ether oxygens (including phenoxy) is 1. The van der Waals surface area contributed by atoms with Gasteiger partial charge in [-0.25, -0.2) is 0 Å². The standard InChI is InChI=1S/C16H26N2O/c1-4-16(2,3)15(18-17)8-6-12-5-7-14-13(11-12)9-10-19-14/h5,7,11,15,18H,4,6,8-10,17H2,1-3H3. The second-order valence-electron chi connectivity index (χ2n) is 6.14. The fraction of sp³-hybridized carbons (Fsp3) is 0.625. The van der Waals surface area contributed by atoms with Crippen LogP contribution < -0.4 is 16.0 Å². The van der Waals surface area contributed by atoms with Crippen molar-refractivity contribution in [2.45, 2.75) is 52.5 Å². The highest BCUT2D eigenvalue weighted by Crippen LogP contribution is 2.29. The van der Waals surface area contributed by atoms with E-state index in [1.807, 2.05) is 0 Å². The number of nitrogens with one attached hydrogen (secondary N) is 1. The second kappa shape index (κ2) is 5.93. The van der Waals surface area contributed by atoms with Crippen LogP contribution in [0, 0.1) is 5.41 Å². The molecule has 3 N–H and O–H groups in total. The summed E-state index contributed by atoms with van der Waals surface area (Å²) in [6, 6.07) is 6.92. The minimum absolute atomic E-state index is 0.231. The summed E-state index contributed by atoms with van der Waals surface area (Å²) in [6.07, 6.45) is 4.30. The van der Waals surface area contributed by atoms with E-state index < -0.39 is 0 Å². The second-order valence-corrected chi connectivity index (χ2v) is 6.14. The number of fused-ring (bicyclic) bond motifs is 1. The molecule has 0 saturated heterocycles. The van der Waals surface area contributed by atoms with Gasteiger partial charge in [0.2, 0.25) is 0 Å². The number of rotatable bonds is 6. The van der Waals surface area contributed by atoms with Gasteiger partial charge < -0.3 is 4.74 Å². The van der Waals surface area contributed by atoms with Crippen LogP contribution in [0.3, 0.4) is 0 Å². The maximum Gasteiger partial charge on any atom is 0.122 e. The predicted octanol–water partition coefficient (Wildman–Crippen LogP) is 2.82. The lowest BCUT2D eigenvalue weighted by molar-refractivity contribution is 0.222. The van der Waals surface area contributed by atoms with Crippen molar-refractivity contribution in [1.82, 2.24) is 5.43 Å². The summed E-state index contributed by atoms with van der Waals surface area (Å²) in [5.41, 5.74) is 5.96. The first-order chi connectivity index (χ1) is 9.06. The van der Waals surface area contributed by atoms with E-state index in [0.717, 1.165) is 38.0 Å². The predicted molar refractivity (Wildman–Crippen MR) is 79.1 cm³/mol. The van der Waals surface area contributed by atoms with Crippen LogP contribution in [0.1, 0.15) is 44.7 Å². The average molecular weight is 262 g/mol. The molecule has 1 unspecified atom stereocenters. The summed E-state index contributed by atoms with van der Waals surface area (Å²) in [4.78, 5) is 0. The van der Waals surface area contributed by atoms with Gasteiger partial charge in [-0.15, -0.1) is 0 Å². The fourth-order valence-electron chi connectivity index (χ4n) is 2.65. The average Bonchev–Trinajstić information content (AvgIpc) is 2.86. The molecule has 3 heteroatoms. The Morgan fingerprint density at radius 2 is 2.21 bits per heavy atom. The summed E-state index contributed by atoms with van der Waals surface area (Å²) in [5, 5.41) is 0. The van der Waals surface area contributed by atoms with Crippen LogP contribution >= 0.6 is 0 Å². The van der Waals surface area contributed by atoms with Gasteiger partial charge >= 0.3 is 0 Å². The Morgan fingerprint density at radius 3 is 2.89 bits per heavy atom. The molecule has 1 aromatic rings. The van der Waals surface area contributed by atoms with Crippen LogP contribution in [0.15, 0.2) is 18.2 Å². The lowest BCUT2D eigenvalue weighted by atomic mass is 9.79. The lowest BCUT2D eigenvalue weighted by Crippen LogP contribution is -2.45. The number of hydrazine groups is 1. The van der Waals surface area contributed by atoms with Crippen LogP contribution in [-0.2, 0) is 12.8 Å². The number of nitrogens with two attached hydrogens (primary N) is 1. The molecule has 0 aromatic heterocycles. The van der Waals surface area contributed by atoms with Crippen molar-refractivity contribution in [2.75, 3.05) is 6.61 Å². The molecule has 106 valence electrons. The van der Waals surface area contributed by atoms with Gasteiger partial charge in [0.15, 0.2) is 0 Å². The molecular weight excluding hydrogens is 236 g/mol. The molecule has 0 fully saturated rings. The van der Waals surface area contributed by atoms with Crippen molar-refractivity contribution < 1.29 is 4.74 Å². The Labute approximate surface area is 116 Å². The van der Waals surface area contributed by atoms with Gasteiger partial charge in [-0.05, 0) is 41.9 Å². The lowest BCUT2D eigenvalue weighted by Gasteiger charge is -2.33. The molecular formula is C16H26N2O. The number of benzene rings is 1. The van der Waals surface area contributed by atoms with Crippen LogP contribution in [0.4, 0.5) is 0 Å². The molecule has 1 aliphatic rings. The Hall–Kier alpha value is -1.06. The summed E-state index contributed by atoms with van der Waals surface area (Å²) in [5.74, 6) is 6.78. The molecule has 0 bridgehead atoms. The van der Waals surface area contributed by atoms with Crippen molar-refractivity contribution >= 4 is 0 Å². The molecule has 19 heavy (non-hydrogen) atoms. The van der Waals surface area contributed by atoms with Gasteiger partial charge in [0.1, 0.15) is 5.75 Å². The summed E-state index contributed by atoms with van der Waals surface area (Å²) in [7, 11) is 0. The fourth-order valence-corrected chi connectivity index (χ4v) is 2.65. The van der Waals surface area contributed by atoms with E-state index >= 15 is 0 Å². The third-order valence-corrected chi connectivity index (χ3v) is 4.53. The van der Waals surface area contributed by atoms with Gasteiger partial charge in [-0.1, -0.05) is 32.9 Å². The third-order valence-electron chi connectivity index (χ3n) is 4.53. The quantitative estimate of drug-likeness (QED) is 0.612. The highest BCUT2D eigenvalue weighted by atomic mass is 16.5. The summed E-state index contributed by atoms with van der Waals surface area (Å²) in [6.45, 7) is 7.59. The van der Waals surface area contributed by atoms with E-state index in [1.165, 1.54) is 11.1 Å². The molecule has 1 aliphatic heterocycles. The molecule has 0 amide bonds. The monoisotopic (exact) mass is 262 g/mol. The Morgan fingerprint density at radius 1 is 1.42 bits per heavy atom. The van der Waals surface area contributed by atoms with Gasteiger partial charge in [0.05, 0.1) is 6.61 Å². The minimum atomic E-state index is 0.231. The van der Waals surface area contributed by atoms with E-state index in [-0.39, 0.29) is 5.41 Å². The van der Waals surface area contributed by atoms with E-state index in [1.54, 1.807) is 0 Å². The van der Waals surface area contributed by atoms with Crippen molar-refractivity contribution in [3.63, 3.8) is 0 Å². The highest BCUT2D eigenvalue weighted by Gasteiger charge is 2.26. The first-order valence-electron chi connectivity index (χ1n) is 7.27. The van der Waals surface area contributed by atoms with Crippen LogP contribution in [-0.4, -0.2) is 12.6 Å². The van der Waals surface area contributed by atoms with Crippen molar-refractivity contribution in [2.24, 2.45) is 11.3 Å². The van der Waals surface area contributed by atoms with E-state index in [0.29, 0.717) is 6.04 Å². The van der Waals surface area contributed by atoms with Crippen molar-refractivity contribution in [3.8, 4) is 5.75 Å². The molecule has 0 aliphatic carbocycles. The normalized spacial score (nSPS) is 16.0. The van der Waals surface area contributed by atoms with Crippen LogP contribution in [0.5, 0.6) is 5.75 Å². The highest BCUT2D eigenvalue weighted by molar-refractivity contribution is 5.39. The molecule has 0 radical (unpaired) electrons. The van der Waals surface area contributed by atoms with Crippen molar-refractivity contribution in [1.29, 1.82) is 0 Å². The first-order valence-corrected chi connectivity index (χ1v) is 7.27. The minimum Gasteiger partial charge on any atom is -0.493 e. The van der Waals surface area contributed by atoms with E-state index in [2.05, 4.69) is 44.4 Å². The van der Waals surface area contributed by atoms with Gasteiger partial charge in [-0.3, -0.25) is 11.3 Å². The molecule has 0 saturated carbocycles. The number of hydrogen-bond donors (Lipinski definition) is 2. The van der Waals surface area contributed by atoms with Crippen molar-refractivity contribution in [3.05, 3.63) is 29.3 Å². The van der Waals surface area contributed by atoms with Crippen LogP contribution in [0.25, 0.3) is 0 Å². The zero-order valence-corrected chi connectivity index (χ0v) is 12.3. The number of aryl methyl sites for hydroxylation is 1. The van der Waals surface area contributed by atoms with E-state index in [4.69, 9.17) is 10.6 Å². The topological polar surface area (TPSA) is 47.3 Å². The Bertz CT molecular complexity index is 429. The molecule has 2 rings (SSSR count). The van der Waals surface area contributed by atoms with E-state index in [9.17, 15) is 0 Å². The molecule has 1 aromatic carbocycles. The number of hydrogen-bond acceptors (Lipinski definition) is 3. The molecule has 1 atom stereocenters. The maximum absolute atomic E-state index is 5.72. The summed E-state index contributed by atoms with van der Waals surface area (Å²) < 4.78 is 5.54. The zero-order valence-electron chi connectivity index (χ0n) is 12.3. The first kappa shape index (κ1) is 14.4. The largest absolute Gasteiger partial charge is 0.493 e. The zero-order chi connectivity index (χ0) is 13.9. The smallest absolute Gasteiger partial charge is 0.122 e. The molecule has 0 spiro atoms. The van der Waals surface area contributed by atoms with Crippen LogP contribution in [0.2, 0.25) is 0 Å². The Kier molecular flexibility index (Phi) is 4.48. The maximum atomic E-state index is 5.72. The SMILES string of the molecule is CCC(C)(C)C(CCc1ccc2c(c1)CCO2)NN. The van der Waals surface area contributed by atoms with Gasteiger partial charge in [-0.2, -0.15) is 0 Å². The summed E-state index contributed by atoms with van der Waals surface area (Å²) >= 11 is 0. The van der Waals surface area contributed by atoms with Gasteiger partial charge in [0.25, 0.3) is 0 Å². The molecule has 1 heterocycles. The molecule has 3 nitrogen and oxygen atoms in total. The van der Waals surface area contributed by atoms with Gasteiger partial charge in [0, 0.05) is 12.5 Å². The third kappa shape index (κ3) is 3.28. The Balaban J connectivity index is 1.98.